The third-order valence-corrected chi connectivity index (χ3v) is 5.82. The first-order valence-corrected chi connectivity index (χ1v) is 10.5. The number of hydrogen-bond donors (Lipinski definition) is 3. The Morgan fingerprint density at radius 1 is 1.13 bits per heavy atom. The van der Waals surface area contributed by atoms with Crippen molar-refractivity contribution in [2.45, 2.75) is 51.9 Å². The van der Waals surface area contributed by atoms with Crippen molar-refractivity contribution in [2.24, 2.45) is 5.92 Å². The quantitative estimate of drug-likeness (QED) is 0.626. The summed E-state index contributed by atoms with van der Waals surface area (Å²) >= 11 is 0. The van der Waals surface area contributed by atoms with Crippen LogP contribution in [0.25, 0.3) is 0 Å². The molecule has 0 saturated heterocycles. The number of hydrogen-bond acceptors (Lipinski definition) is 4. The molecule has 3 rings (SSSR count). The predicted octanol–water partition coefficient (Wildman–Crippen LogP) is 2.56. The standard InChI is InChI=1S/C24H31N3O3/c1-4-16(2)22(24(29)26-14-17-9-11-20(30-3)12-10-17)27-23(28)21-13-18-7-5-6-8-19(18)15-25-21/h5-12,16,21-22,25H,4,13-15H2,1-3H3,(H,26,29)(H,27,28)/t16-,21-,22+/m1/s1. The van der Waals surface area contributed by atoms with Gasteiger partial charge in [0.25, 0.3) is 0 Å². The Morgan fingerprint density at radius 3 is 2.50 bits per heavy atom. The van der Waals surface area contributed by atoms with Gasteiger partial charge in [0.2, 0.25) is 11.8 Å². The molecule has 0 aromatic heterocycles. The van der Waals surface area contributed by atoms with E-state index in [9.17, 15) is 9.59 Å². The molecule has 1 heterocycles. The molecule has 2 aromatic carbocycles. The van der Waals surface area contributed by atoms with E-state index in [2.05, 4.69) is 28.1 Å². The zero-order valence-electron chi connectivity index (χ0n) is 17.9. The van der Waals surface area contributed by atoms with Crippen LogP contribution in [-0.4, -0.2) is 31.0 Å². The monoisotopic (exact) mass is 409 g/mol. The maximum atomic E-state index is 12.9. The number of ether oxygens (including phenoxy) is 1. The number of methoxy groups -OCH3 is 1. The molecule has 0 unspecified atom stereocenters. The highest BCUT2D eigenvalue weighted by atomic mass is 16.5. The van der Waals surface area contributed by atoms with Crippen LogP contribution in [0.15, 0.2) is 48.5 Å². The minimum Gasteiger partial charge on any atom is -0.497 e. The van der Waals surface area contributed by atoms with Gasteiger partial charge in [-0.1, -0.05) is 56.7 Å². The van der Waals surface area contributed by atoms with E-state index < -0.39 is 6.04 Å². The first-order chi connectivity index (χ1) is 14.5. The molecular weight excluding hydrogens is 378 g/mol. The van der Waals surface area contributed by atoms with E-state index in [0.717, 1.165) is 17.7 Å². The molecule has 0 aliphatic carbocycles. The first-order valence-electron chi connectivity index (χ1n) is 10.5. The highest BCUT2D eigenvalue weighted by Gasteiger charge is 2.30. The fourth-order valence-corrected chi connectivity index (χ4v) is 3.64. The molecule has 3 N–H and O–H groups in total. The zero-order chi connectivity index (χ0) is 21.5. The molecule has 1 aliphatic heterocycles. The topological polar surface area (TPSA) is 79.5 Å². The number of nitrogens with one attached hydrogen (secondary N) is 3. The first kappa shape index (κ1) is 21.8. The minimum absolute atomic E-state index is 0.0284. The smallest absolute Gasteiger partial charge is 0.243 e. The third kappa shape index (κ3) is 5.39. The molecule has 1 aliphatic rings. The summed E-state index contributed by atoms with van der Waals surface area (Å²) in [5.74, 6) is 0.510. The summed E-state index contributed by atoms with van der Waals surface area (Å²) in [6, 6.07) is 14.8. The molecule has 0 spiro atoms. The van der Waals surface area contributed by atoms with E-state index >= 15 is 0 Å². The Morgan fingerprint density at radius 2 is 1.83 bits per heavy atom. The number of fused-ring (bicyclic) bond motifs is 1. The van der Waals surface area contributed by atoms with Gasteiger partial charge in [-0.15, -0.1) is 0 Å². The summed E-state index contributed by atoms with van der Waals surface area (Å²) in [7, 11) is 1.62. The molecule has 6 nitrogen and oxygen atoms in total. The molecule has 160 valence electrons. The highest BCUT2D eigenvalue weighted by molar-refractivity contribution is 5.90. The van der Waals surface area contributed by atoms with Crippen molar-refractivity contribution in [3.05, 3.63) is 65.2 Å². The van der Waals surface area contributed by atoms with Crippen LogP contribution >= 0.6 is 0 Å². The summed E-state index contributed by atoms with van der Waals surface area (Å²) in [6.07, 6.45) is 1.42. The molecule has 3 atom stereocenters. The van der Waals surface area contributed by atoms with Crippen molar-refractivity contribution in [3.8, 4) is 5.75 Å². The van der Waals surface area contributed by atoms with Gasteiger partial charge in [0.15, 0.2) is 0 Å². The molecule has 0 radical (unpaired) electrons. The number of benzene rings is 2. The van der Waals surface area contributed by atoms with Crippen molar-refractivity contribution >= 4 is 11.8 Å². The normalized spacial score (nSPS) is 17.4. The van der Waals surface area contributed by atoms with E-state index in [1.54, 1.807) is 7.11 Å². The zero-order valence-corrected chi connectivity index (χ0v) is 17.9. The lowest BCUT2D eigenvalue weighted by molar-refractivity contribution is -0.131. The number of carbonyl (C=O) groups excluding carboxylic acids is 2. The van der Waals surface area contributed by atoms with Crippen LogP contribution in [0.5, 0.6) is 5.75 Å². The van der Waals surface area contributed by atoms with E-state index in [-0.39, 0.29) is 23.8 Å². The van der Waals surface area contributed by atoms with Gasteiger partial charge < -0.3 is 20.7 Å². The maximum Gasteiger partial charge on any atom is 0.243 e. The Hall–Kier alpha value is -2.86. The van der Waals surface area contributed by atoms with Crippen molar-refractivity contribution in [1.82, 2.24) is 16.0 Å². The van der Waals surface area contributed by atoms with Gasteiger partial charge >= 0.3 is 0 Å². The van der Waals surface area contributed by atoms with Crippen molar-refractivity contribution < 1.29 is 14.3 Å². The van der Waals surface area contributed by atoms with Crippen LogP contribution in [0.2, 0.25) is 0 Å². The van der Waals surface area contributed by atoms with Gasteiger partial charge in [0, 0.05) is 13.1 Å². The van der Waals surface area contributed by atoms with Crippen LogP contribution in [0.3, 0.4) is 0 Å². The largest absolute Gasteiger partial charge is 0.497 e. The van der Waals surface area contributed by atoms with Crippen LogP contribution in [0.1, 0.15) is 37.0 Å². The average Bonchev–Trinajstić information content (AvgIpc) is 2.80. The van der Waals surface area contributed by atoms with Crippen LogP contribution < -0.4 is 20.7 Å². The van der Waals surface area contributed by atoms with Crippen LogP contribution in [-0.2, 0) is 29.1 Å². The Balaban J connectivity index is 1.60. The van der Waals surface area contributed by atoms with Gasteiger partial charge in [-0.05, 0) is 41.2 Å². The molecule has 6 heteroatoms. The third-order valence-electron chi connectivity index (χ3n) is 5.82. The minimum atomic E-state index is -0.570. The highest BCUT2D eigenvalue weighted by Crippen LogP contribution is 2.17. The van der Waals surface area contributed by atoms with E-state index in [1.165, 1.54) is 11.1 Å². The SMILES string of the molecule is CC[C@@H](C)[C@H](NC(=O)[C@H]1Cc2ccccc2CN1)C(=O)NCc1ccc(OC)cc1. The Labute approximate surface area is 178 Å². The van der Waals surface area contributed by atoms with Crippen molar-refractivity contribution in [1.29, 1.82) is 0 Å². The molecule has 0 bridgehead atoms. The van der Waals surface area contributed by atoms with Crippen molar-refractivity contribution in [2.75, 3.05) is 7.11 Å². The average molecular weight is 410 g/mol. The summed E-state index contributed by atoms with van der Waals surface area (Å²) in [5, 5.41) is 9.24. The van der Waals surface area contributed by atoms with Crippen molar-refractivity contribution in [3.63, 3.8) is 0 Å². The van der Waals surface area contributed by atoms with Gasteiger partial charge in [-0.3, -0.25) is 9.59 Å². The predicted molar refractivity (Wildman–Crippen MR) is 117 cm³/mol. The molecule has 2 amide bonds. The van der Waals surface area contributed by atoms with Crippen LogP contribution in [0, 0.1) is 5.92 Å². The van der Waals surface area contributed by atoms with E-state index in [0.29, 0.717) is 19.5 Å². The number of carbonyl (C=O) groups is 2. The molecule has 30 heavy (non-hydrogen) atoms. The van der Waals surface area contributed by atoms with Gasteiger partial charge in [-0.25, -0.2) is 0 Å². The summed E-state index contributed by atoms with van der Waals surface area (Å²) < 4.78 is 5.16. The molecule has 0 fully saturated rings. The fourth-order valence-electron chi connectivity index (χ4n) is 3.64. The summed E-state index contributed by atoms with van der Waals surface area (Å²) in [5.41, 5.74) is 3.38. The summed E-state index contributed by atoms with van der Waals surface area (Å²) in [4.78, 5) is 25.8. The lowest BCUT2D eigenvalue weighted by Gasteiger charge is -2.29. The van der Waals surface area contributed by atoms with E-state index in [1.807, 2.05) is 50.2 Å². The molecular formula is C24H31N3O3. The molecule has 2 aromatic rings. The Bertz CT molecular complexity index is 866. The van der Waals surface area contributed by atoms with Gasteiger partial charge in [0.1, 0.15) is 11.8 Å². The lowest BCUT2D eigenvalue weighted by Crippen LogP contribution is -2.56. The fraction of sp³-hybridized carbons (Fsp3) is 0.417. The Kier molecular flexibility index (Phi) is 7.46. The second kappa shape index (κ2) is 10.3. The second-order valence-electron chi connectivity index (χ2n) is 7.84. The maximum absolute atomic E-state index is 12.9. The summed E-state index contributed by atoms with van der Waals surface area (Å²) in [6.45, 7) is 5.07. The lowest BCUT2D eigenvalue weighted by atomic mass is 9.94. The van der Waals surface area contributed by atoms with Gasteiger partial charge in [0.05, 0.1) is 13.2 Å². The van der Waals surface area contributed by atoms with E-state index in [4.69, 9.17) is 4.74 Å². The molecule has 0 saturated carbocycles. The van der Waals surface area contributed by atoms with Gasteiger partial charge in [-0.2, -0.15) is 0 Å². The number of rotatable bonds is 8. The van der Waals surface area contributed by atoms with Crippen LogP contribution in [0.4, 0.5) is 0 Å². The second-order valence-corrected chi connectivity index (χ2v) is 7.84. The number of amides is 2.